The molecule has 8 nitrogen and oxygen atoms in total. The summed E-state index contributed by atoms with van der Waals surface area (Å²) in [6, 6.07) is 7.87. The maximum atomic E-state index is 12.9. The van der Waals surface area contributed by atoms with Gasteiger partial charge in [0.25, 0.3) is 11.7 Å². The smallest absolute Gasteiger partial charge is 0.295 e. The summed E-state index contributed by atoms with van der Waals surface area (Å²) in [6.07, 6.45) is 1.49. The number of anilines is 1. The van der Waals surface area contributed by atoms with Gasteiger partial charge in [0.1, 0.15) is 29.9 Å². The number of aliphatic hydroxyl groups is 1. The van der Waals surface area contributed by atoms with Crippen LogP contribution >= 0.6 is 0 Å². The van der Waals surface area contributed by atoms with Crippen molar-refractivity contribution >= 4 is 23.1 Å². The summed E-state index contributed by atoms with van der Waals surface area (Å²) in [5.74, 6) is -0.417. The van der Waals surface area contributed by atoms with Crippen molar-refractivity contribution in [3.8, 4) is 5.75 Å². The first-order valence-electron chi connectivity index (χ1n) is 9.83. The predicted octanol–water partition coefficient (Wildman–Crippen LogP) is 2.09. The number of furan rings is 1. The van der Waals surface area contributed by atoms with Gasteiger partial charge in [0.05, 0.1) is 24.1 Å². The topological polar surface area (TPSA) is 86.5 Å². The van der Waals surface area contributed by atoms with Crippen molar-refractivity contribution < 1.29 is 23.8 Å². The molecular weight excluding hydrogens is 386 g/mol. The Morgan fingerprint density at radius 2 is 2.07 bits per heavy atom. The van der Waals surface area contributed by atoms with Crippen LogP contribution in [0.2, 0.25) is 0 Å². The van der Waals surface area contributed by atoms with Crippen molar-refractivity contribution in [1.82, 2.24) is 9.80 Å². The van der Waals surface area contributed by atoms with Crippen molar-refractivity contribution in [2.45, 2.75) is 6.04 Å². The van der Waals surface area contributed by atoms with Gasteiger partial charge in [-0.3, -0.25) is 9.59 Å². The minimum atomic E-state index is -0.773. The number of carbonyl (C=O) groups is 2. The largest absolute Gasteiger partial charge is 0.507 e. The fraction of sp³-hybridized carbons (Fsp3) is 0.364. The van der Waals surface area contributed by atoms with Crippen LogP contribution in [0, 0.1) is 0 Å². The second kappa shape index (κ2) is 7.87. The van der Waals surface area contributed by atoms with Gasteiger partial charge in [-0.05, 0) is 44.4 Å². The van der Waals surface area contributed by atoms with Crippen LogP contribution in [0.1, 0.15) is 17.4 Å². The van der Waals surface area contributed by atoms with E-state index in [0.29, 0.717) is 36.8 Å². The molecule has 0 radical (unpaired) electrons. The summed E-state index contributed by atoms with van der Waals surface area (Å²) in [4.78, 5) is 31.1. The van der Waals surface area contributed by atoms with Gasteiger partial charge in [0, 0.05) is 25.7 Å². The van der Waals surface area contributed by atoms with Crippen molar-refractivity contribution in [3.63, 3.8) is 0 Å². The lowest BCUT2D eigenvalue weighted by Gasteiger charge is -2.28. The van der Waals surface area contributed by atoms with E-state index >= 15 is 0 Å². The molecule has 4 rings (SSSR count). The quantitative estimate of drug-likeness (QED) is 0.458. The number of amides is 1. The summed E-state index contributed by atoms with van der Waals surface area (Å²) in [6.45, 7) is 2.22. The molecule has 158 valence electrons. The Morgan fingerprint density at radius 1 is 1.27 bits per heavy atom. The summed E-state index contributed by atoms with van der Waals surface area (Å²) in [7, 11) is 5.72. The number of likely N-dealkylation sites (N-methyl/N-ethyl adjacent to an activating group) is 2. The Bertz CT molecular complexity index is 996. The molecule has 2 aliphatic heterocycles. The molecule has 1 aromatic heterocycles. The van der Waals surface area contributed by atoms with Crippen LogP contribution in [-0.4, -0.2) is 74.0 Å². The number of benzene rings is 1. The average Bonchev–Trinajstić information content (AvgIpc) is 3.33. The van der Waals surface area contributed by atoms with Crippen molar-refractivity contribution in [2.75, 3.05) is 52.3 Å². The summed E-state index contributed by atoms with van der Waals surface area (Å²) in [5, 5.41) is 11.1. The van der Waals surface area contributed by atoms with E-state index in [4.69, 9.17) is 9.15 Å². The Kier molecular flexibility index (Phi) is 5.26. The van der Waals surface area contributed by atoms with Gasteiger partial charge >= 0.3 is 0 Å². The molecule has 2 aliphatic rings. The third-order valence-corrected chi connectivity index (χ3v) is 5.47. The average molecular weight is 411 g/mol. The molecule has 8 heteroatoms. The van der Waals surface area contributed by atoms with Crippen LogP contribution in [0.25, 0.3) is 5.76 Å². The summed E-state index contributed by atoms with van der Waals surface area (Å²) < 4.78 is 11.2. The number of likely N-dealkylation sites (tertiary alicyclic amines) is 1. The second-order valence-electron chi connectivity index (χ2n) is 7.76. The monoisotopic (exact) mass is 411 g/mol. The molecule has 0 bridgehead atoms. The Hall–Kier alpha value is -3.26. The maximum absolute atomic E-state index is 12.9. The van der Waals surface area contributed by atoms with Crippen LogP contribution in [0.5, 0.6) is 5.75 Å². The number of fused-ring (bicyclic) bond motifs is 1. The highest BCUT2D eigenvalue weighted by molar-refractivity contribution is 6.46. The van der Waals surface area contributed by atoms with E-state index in [-0.39, 0.29) is 11.3 Å². The number of nitrogens with zero attached hydrogens (tertiary/aromatic N) is 3. The minimum Gasteiger partial charge on any atom is -0.507 e. The first-order chi connectivity index (χ1) is 14.4. The van der Waals surface area contributed by atoms with Gasteiger partial charge in [-0.1, -0.05) is 0 Å². The molecule has 1 unspecified atom stereocenters. The molecule has 0 aliphatic carbocycles. The standard InChI is InChI=1S/C22H25N3O5/c1-23(2)8-9-25-19(17-5-4-11-29-17)18(21(27)22(25)28)20(26)14-6-7-16-15(13-14)24(3)10-12-30-16/h4-7,11,13,19,26H,8-10,12H2,1-3H3/b20-18-. The number of carbonyl (C=O) groups excluding carboxylic acids is 2. The molecule has 1 N–H and O–H groups in total. The molecule has 0 saturated carbocycles. The Morgan fingerprint density at radius 3 is 2.77 bits per heavy atom. The lowest BCUT2D eigenvalue weighted by Crippen LogP contribution is -2.35. The predicted molar refractivity (Wildman–Crippen MR) is 111 cm³/mol. The fourth-order valence-electron chi connectivity index (χ4n) is 3.81. The van der Waals surface area contributed by atoms with Gasteiger partial charge < -0.3 is 29.0 Å². The molecule has 30 heavy (non-hydrogen) atoms. The highest BCUT2D eigenvalue weighted by atomic mass is 16.5. The summed E-state index contributed by atoms with van der Waals surface area (Å²) >= 11 is 0. The molecule has 1 atom stereocenters. The number of Topliss-reactive ketones (excluding diaryl/α,β-unsaturated/α-hetero) is 1. The van der Waals surface area contributed by atoms with Crippen molar-refractivity contribution in [1.29, 1.82) is 0 Å². The van der Waals surface area contributed by atoms with Gasteiger partial charge in [0.2, 0.25) is 0 Å². The number of ketones is 1. The number of rotatable bonds is 5. The zero-order valence-corrected chi connectivity index (χ0v) is 17.3. The third kappa shape index (κ3) is 3.43. The molecular formula is C22H25N3O5. The zero-order chi connectivity index (χ0) is 21.4. The molecule has 0 spiro atoms. The third-order valence-electron chi connectivity index (χ3n) is 5.47. The first-order valence-corrected chi connectivity index (χ1v) is 9.83. The van der Waals surface area contributed by atoms with Gasteiger partial charge in [-0.25, -0.2) is 0 Å². The zero-order valence-electron chi connectivity index (χ0n) is 17.3. The lowest BCUT2D eigenvalue weighted by molar-refractivity contribution is -0.140. The van der Waals surface area contributed by atoms with E-state index in [1.807, 2.05) is 30.9 Å². The van der Waals surface area contributed by atoms with Crippen molar-refractivity contribution in [2.24, 2.45) is 0 Å². The lowest BCUT2D eigenvalue weighted by atomic mass is 9.98. The fourth-order valence-corrected chi connectivity index (χ4v) is 3.81. The molecule has 2 aromatic rings. The Labute approximate surface area is 174 Å². The molecule has 1 amide bonds. The van der Waals surface area contributed by atoms with Crippen LogP contribution < -0.4 is 9.64 Å². The van der Waals surface area contributed by atoms with E-state index in [2.05, 4.69) is 0 Å². The van der Waals surface area contributed by atoms with Gasteiger partial charge in [-0.15, -0.1) is 0 Å². The van der Waals surface area contributed by atoms with Gasteiger partial charge in [-0.2, -0.15) is 0 Å². The number of aliphatic hydroxyl groups excluding tert-OH is 1. The normalized spacial score (nSPS) is 20.6. The van der Waals surface area contributed by atoms with Crippen LogP contribution in [0.3, 0.4) is 0 Å². The number of hydrogen-bond donors (Lipinski definition) is 1. The van der Waals surface area contributed by atoms with E-state index in [1.165, 1.54) is 11.2 Å². The Balaban J connectivity index is 1.80. The van der Waals surface area contributed by atoms with E-state index in [9.17, 15) is 14.7 Å². The van der Waals surface area contributed by atoms with Crippen LogP contribution in [0.15, 0.2) is 46.6 Å². The maximum Gasteiger partial charge on any atom is 0.295 e. The first kappa shape index (κ1) is 20.0. The molecule has 1 aromatic carbocycles. The van der Waals surface area contributed by atoms with E-state index in [1.54, 1.807) is 30.3 Å². The van der Waals surface area contributed by atoms with Crippen molar-refractivity contribution in [3.05, 3.63) is 53.5 Å². The highest BCUT2D eigenvalue weighted by Gasteiger charge is 2.47. The van der Waals surface area contributed by atoms with Gasteiger partial charge in [0.15, 0.2) is 0 Å². The van der Waals surface area contributed by atoms with E-state index < -0.39 is 17.7 Å². The second-order valence-corrected chi connectivity index (χ2v) is 7.76. The SMILES string of the molecule is CN(C)CCN1C(=O)C(=O)/C(=C(\O)c2ccc3c(c2)N(C)CCO3)C1c1ccco1. The molecule has 1 saturated heterocycles. The van der Waals surface area contributed by atoms with Crippen LogP contribution in [-0.2, 0) is 9.59 Å². The number of hydrogen-bond acceptors (Lipinski definition) is 7. The minimum absolute atomic E-state index is 0.0352. The molecule has 1 fully saturated rings. The number of ether oxygens (including phenoxy) is 1. The molecule has 3 heterocycles. The van der Waals surface area contributed by atoms with E-state index in [0.717, 1.165) is 12.2 Å². The highest BCUT2D eigenvalue weighted by Crippen LogP contribution is 2.41. The summed E-state index contributed by atoms with van der Waals surface area (Å²) in [5.41, 5.74) is 1.31. The van der Waals surface area contributed by atoms with Crippen LogP contribution in [0.4, 0.5) is 5.69 Å².